The van der Waals surface area contributed by atoms with E-state index >= 15 is 0 Å². The van der Waals surface area contributed by atoms with Crippen LogP contribution in [0.2, 0.25) is 0 Å². The number of anilines is 1. The van der Waals surface area contributed by atoms with Crippen molar-refractivity contribution in [1.29, 1.82) is 0 Å². The SMILES string of the molecule is CCOc1ccc(N2C(=O)C(SCc3ccccc3)=C(c3ccc(OC)cc3)C2=O)cc1. The van der Waals surface area contributed by atoms with Gasteiger partial charge in [0.1, 0.15) is 11.5 Å². The van der Waals surface area contributed by atoms with Crippen LogP contribution in [0.25, 0.3) is 5.57 Å². The van der Waals surface area contributed by atoms with Gasteiger partial charge in [0.15, 0.2) is 0 Å². The molecule has 1 aliphatic heterocycles. The topological polar surface area (TPSA) is 55.8 Å². The molecule has 0 radical (unpaired) electrons. The maximum absolute atomic E-state index is 13.5. The van der Waals surface area contributed by atoms with Gasteiger partial charge < -0.3 is 9.47 Å². The molecule has 0 saturated heterocycles. The Labute approximate surface area is 191 Å². The third-order valence-corrected chi connectivity index (χ3v) is 6.20. The molecule has 1 aliphatic rings. The standard InChI is InChI=1S/C26H23NO4S/c1-3-31-22-15-11-20(12-16-22)27-25(28)23(19-9-13-21(30-2)14-10-19)24(26(27)29)32-17-18-7-5-4-6-8-18/h4-16H,3,17H2,1-2H3. The number of thioether (sulfide) groups is 1. The normalized spacial score (nSPS) is 13.6. The van der Waals surface area contributed by atoms with E-state index in [-0.39, 0.29) is 11.8 Å². The van der Waals surface area contributed by atoms with E-state index in [9.17, 15) is 9.59 Å². The molecule has 6 heteroatoms. The lowest BCUT2D eigenvalue weighted by molar-refractivity contribution is -0.119. The average Bonchev–Trinajstić information content (AvgIpc) is 3.08. The highest BCUT2D eigenvalue weighted by Gasteiger charge is 2.40. The van der Waals surface area contributed by atoms with Crippen LogP contribution < -0.4 is 14.4 Å². The van der Waals surface area contributed by atoms with Crippen LogP contribution in [0.4, 0.5) is 5.69 Å². The zero-order valence-corrected chi connectivity index (χ0v) is 18.7. The molecule has 0 bridgehead atoms. The highest BCUT2D eigenvalue weighted by molar-refractivity contribution is 8.03. The summed E-state index contributed by atoms with van der Waals surface area (Å²) < 4.78 is 10.7. The van der Waals surface area contributed by atoms with Gasteiger partial charge in [-0.1, -0.05) is 42.5 Å². The molecule has 0 saturated carbocycles. The first-order valence-electron chi connectivity index (χ1n) is 10.3. The van der Waals surface area contributed by atoms with E-state index in [4.69, 9.17) is 9.47 Å². The van der Waals surface area contributed by atoms with Crippen LogP contribution in [-0.4, -0.2) is 25.5 Å². The molecule has 0 unspecified atom stereocenters. The van der Waals surface area contributed by atoms with Gasteiger partial charge in [-0.2, -0.15) is 0 Å². The molecule has 0 N–H and O–H groups in total. The lowest BCUT2D eigenvalue weighted by Crippen LogP contribution is -2.31. The molecule has 0 aliphatic carbocycles. The summed E-state index contributed by atoms with van der Waals surface area (Å²) in [5.41, 5.74) is 2.70. The summed E-state index contributed by atoms with van der Waals surface area (Å²) >= 11 is 1.38. The zero-order chi connectivity index (χ0) is 22.5. The van der Waals surface area contributed by atoms with Gasteiger partial charge >= 0.3 is 0 Å². The fourth-order valence-corrected chi connectivity index (χ4v) is 4.55. The molecule has 0 fully saturated rings. The van der Waals surface area contributed by atoms with Crippen molar-refractivity contribution in [2.45, 2.75) is 12.7 Å². The Balaban J connectivity index is 1.69. The van der Waals surface area contributed by atoms with Crippen molar-refractivity contribution < 1.29 is 19.1 Å². The quantitative estimate of drug-likeness (QED) is 0.440. The summed E-state index contributed by atoms with van der Waals surface area (Å²) in [5.74, 6) is 1.32. The van der Waals surface area contributed by atoms with Gasteiger partial charge in [0.05, 0.1) is 29.9 Å². The summed E-state index contributed by atoms with van der Waals surface area (Å²) in [6.07, 6.45) is 0. The van der Waals surface area contributed by atoms with Gasteiger partial charge in [0.2, 0.25) is 0 Å². The number of rotatable bonds is 8. The predicted molar refractivity (Wildman–Crippen MR) is 128 cm³/mol. The van der Waals surface area contributed by atoms with Crippen molar-refractivity contribution in [3.63, 3.8) is 0 Å². The highest BCUT2D eigenvalue weighted by atomic mass is 32.2. The third kappa shape index (κ3) is 4.41. The second-order valence-electron chi connectivity index (χ2n) is 7.08. The minimum atomic E-state index is -0.333. The van der Waals surface area contributed by atoms with E-state index in [1.54, 1.807) is 43.5 Å². The van der Waals surface area contributed by atoms with Crippen molar-refractivity contribution in [3.05, 3.63) is 94.9 Å². The van der Waals surface area contributed by atoms with Crippen molar-refractivity contribution >= 4 is 34.8 Å². The summed E-state index contributed by atoms with van der Waals surface area (Å²) in [5, 5.41) is 0. The Morgan fingerprint density at radius 3 is 2.09 bits per heavy atom. The van der Waals surface area contributed by atoms with E-state index < -0.39 is 0 Å². The Morgan fingerprint density at radius 1 is 0.812 bits per heavy atom. The molecule has 162 valence electrons. The minimum Gasteiger partial charge on any atom is -0.497 e. The monoisotopic (exact) mass is 445 g/mol. The number of hydrogen-bond donors (Lipinski definition) is 0. The number of nitrogens with zero attached hydrogens (tertiary/aromatic N) is 1. The Hall–Kier alpha value is -3.51. The van der Waals surface area contributed by atoms with Gasteiger partial charge in [-0.15, -0.1) is 11.8 Å². The Morgan fingerprint density at radius 2 is 1.47 bits per heavy atom. The molecule has 0 atom stereocenters. The number of amides is 2. The average molecular weight is 446 g/mol. The Kier molecular flexibility index (Phi) is 6.61. The van der Waals surface area contributed by atoms with Crippen LogP contribution in [-0.2, 0) is 15.3 Å². The number of hydrogen-bond acceptors (Lipinski definition) is 5. The molecule has 3 aromatic rings. The predicted octanol–water partition coefficient (Wildman–Crippen LogP) is 5.31. The molecule has 0 spiro atoms. The maximum Gasteiger partial charge on any atom is 0.272 e. The van der Waals surface area contributed by atoms with Crippen LogP contribution in [0.1, 0.15) is 18.1 Å². The van der Waals surface area contributed by atoms with E-state index in [1.807, 2.05) is 49.4 Å². The smallest absolute Gasteiger partial charge is 0.272 e. The third-order valence-electron chi connectivity index (χ3n) is 5.05. The van der Waals surface area contributed by atoms with Crippen molar-refractivity contribution in [2.75, 3.05) is 18.6 Å². The number of carbonyl (C=O) groups is 2. The first kappa shape index (κ1) is 21.7. The van der Waals surface area contributed by atoms with E-state index in [1.165, 1.54) is 16.7 Å². The number of imide groups is 1. The molecule has 3 aromatic carbocycles. The molecular weight excluding hydrogens is 422 g/mol. The first-order chi connectivity index (χ1) is 15.6. The molecule has 2 amide bonds. The highest BCUT2D eigenvalue weighted by Crippen LogP contribution is 2.40. The van der Waals surface area contributed by atoms with E-state index in [2.05, 4.69) is 0 Å². The summed E-state index contributed by atoms with van der Waals surface area (Å²) in [4.78, 5) is 28.6. The van der Waals surface area contributed by atoms with Crippen LogP contribution in [0.15, 0.2) is 83.8 Å². The maximum atomic E-state index is 13.5. The number of ether oxygens (including phenoxy) is 2. The molecule has 32 heavy (non-hydrogen) atoms. The largest absolute Gasteiger partial charge is 0.497 e. The number of carbonyl (C=O) groups excluding carboxylic acids is 2. The second kappa shape index (κ2) is 9.75. The van der Waals surface area contributed by atoms with Crippen LogP contribution in [0.3, 0.4) is 0 Å². The van der Waals surface area contributed by atoms with Crippen LogP contribution in [0, 0.1) is 0 Å². The number of benzene rings is 3. The van der Waals surface area contributed by atoms with Crippen LogP contribution in [0.5, 0.6) is 11.5 Å². The summed E-state index contributed by atoms with van der Waals surface area (Å²) in [6, 6.07) is 24.1. The lowest BCUT2D eigenvalue weighted by Gasteiger charge is -2.16. The van der Waals surface area contributed by atoms with Gasteiger partial charge in [-0.3, -0.25) is 9.59 Å². The van der Waals surface area contributed by atoms with E-state index in [0.29, 0.717) is 45.6 Å². The van der Waals surface area contributed by atoms with Crippen molar-refractivity contribution in [1.82, 2.24) is 0 Å². The van der Waals surface area contributed by atoms with E-state index in [0.717, 1.165) is 5.56 Å². The van der Waals surface area contributed by atoms with Gasteiger partial charge in [-0.05, 0) is 54.4 Å². The van der Waals surface area contributed by atoms with Gasteiger partial charge in [-0.25, -0.2) is 4.90 Å². The van der Waals surface area contributed by atoms with Gasteiger partial charge in [0.25, 0.3) is 11.8 Å². The van der Waals surface area contributed by atoms with Crippen LogP contribution >= 0.6 is 11.8 Å². The molecular formula is C26H23NO4S. The van der Waals surface area contributed by atoms with Crippen molar-refractivity contribution in [2.24, 2.45) is 0 Å². The molecule has 4 rings (SSSR count). The fraction of sp³-hybridized carbons (Fsp3) is 0.154. The molecule has 5 nitrogen and oxygen atoms in total. The van der Waals surface area contributed by atoms with Crippen molar-refractivity contribution in [3.8, 4) is 11.5 Å². The first-order valence-corrected chi connectivity index (χ1v) is 11.3. The second-order valence-corrected chi connectivity index (χ2v) is 8.07. The number of methoxy groups -OCH3 is 1. The summed E-state index contributed by atoms with van der Waals surface area (Å²) in [6.45, 7) is 2.45. The van der Waals surface area contributed by atoms with Gasteiger partial charge in [0, 0.05) is 5.75 Å². The fourth-order valence-electron chi connectivity index (χ4n) is 3.48. The molecule has 1 heterocycles. The molecule has 0 aromatic heterocycles. The Bertz CT molecular complexity index is 1140. The zero-order valence-electron chi connectivity index (χ0n) is 17.9. The summed E-state index contributed by atoms with van der Waals surface area (Å²) in [7, 11) is 1.59. The minimum absolute atomic E-state index is 0.314. The lowest BCUT2D eigenvalue weighted by atomic mass is 10.1.